The Kier molecular flexibility index (Phi) is 6.16. The number of rotatable bonds is 6. The van der Waals surface area contributed by atoms with E-state index in [0.29, 0.717) is 11.3 Å². The van der Waals surface area contributed by atoms with Crippen LogP contribution in [0, 0.1) is 6.92 Å². The van der Waals surface area contributed by atoms with Crippen LogP contribution in [-0.4, -0.2) is 41.3 Å². The summed E-state index contributed by atoms with van der Waals surface area (Å²) in [5.41, 5.74) is 3.02. The van der Waals surface area contributed by atoms with Crippen molar-refractivity contribution in [2.45, 2.75) is 12.1 Å². The van der Waals surface area contributed by atoms with Gasteiger partial charge in [-0.25, -0.2) is 9.78 Å². The van der Waals surface area contributed by atoms with Crippen molar-refractivity contribution in [2.24, 2.45) is 0 Å². The summed E-state index contributed by atoms with van der Waals surface area (Å²) in [5, 5.41) is 0.734. The number of para-hydroxylation sites is 2. The molecular weight excluding hydrogens is 374 g/mol. The van der Waals surface area contributed by atoms with E-state index in [2.05, 4.69) is 4.98 Å². The van der Waals surface area contributed by atoms with Gasteiger partial charge in [0.1, 0.15) is 0 Å². The van der Waals surface area contributed by atoms with E-state index in [-0.39, 0.29) is 11.7 Å². The number of hydrogen-bond donors (Lipinski definition) is 0. The van der Waals surface area contributed by atoms with Crippen molar-refractivity contribution in [2.75, 3.05) is 24.8 Å². The second kappa shape index (κ2) is 8.75. The lowest BCUT2D eigenvalue weighted by molar-refractivity contribution is -0.115. The molecule has 1 aromatic heterocycles. The number of benzene rings is 2. The Labute approximate surface area is 168 Å². The molecule has 0 fully saturated rings. The zero-order chi connectivity index (χ0) is 20.1. The minimum atomic E-state index is -0.474. The number of carbonyl (C=O) groups excluding carboxylic acids is 2. The summed E-state index contributed by atoms with van der Waals surface area (Å²) in [6, 6.07) is 14.9. The summed E-state index contributed by atoms with van der Waals surface area (Å²) in [7, 11) is 2.97. The normalized spacial score (nSPS) is 10.5. The molecule has 0 saturated heterocycles. The van der Waals surface area contributed by atoms with Crippen LogP contribution in [0.4, 0.5) is 5.69 Å². The van der Waals surface area contributed by atoms with Crippen molar-refractivity contribution in [3.8, 4) is 5.69 Å². The third kappa shape index (κ3) is 4.09. The van der Waals surface area contributed by atoms with E-state index in [4.69, 9.17) is 4.74 Å². The zero-order valence-corrected chi connectivity index (χ0v) is 16.8. The van der Waals surface area contributed by atoms with Gasteiger partial charge in [-0.15, -0.1) is 0 Å². The van der Waals surface area contributed by atoms with Crippen molar-refractivity contribution < 1.29 is 14.3 Å². The summed E-state index contributed by atoms with van der Waals surface area (Å²) in [5.74, 6) is -0.423. The second-order valence-corrected chi connectivity index (χ2v) is 7.06. The molecule has 0 aliphatic carbocycles. The average molecular weight is 395 g/mol. The molecule has 0 aliphatic rings. The van der Waals surface area contributed by atoms with Gasteiger partial charge in [-0.1, -0.05) is 42.1 Å². The fourth-order valence-electron chi connectivity index (χ4n) is 2.82. The number of thioether (sulfide) groups is 1. The van der Waals surface area contributed by atoms with Gasteiger partial charge in [-0.05, 0) is 30.7 Å². The molecule has 1 heterocycles. The lowest BCUT2D eigenvalue weighted by Crippen LogP contribution is -2.29. The molecule has 2 aromatic carbocycles. The predicted octanol–water partition coefficient (Wildman–Crippen LogP) is 3.72. The van der Waals surface area contributed by atoms with Gasteiger partial charge >= 0.3 is 5.97 Å². The third-order valence-corrected chi connectivity index (χ3v) is 5.30. The molecule has 0 radical (unpaired) electrons. The minimum absolute atomic E-state index is 0.138. The number of aryl methyl sites for hydroxylation is 1. The third-order valence-electron chi connectivity index (χ3n) is 4.35. The molecule has 7 heteroatoms. The van der Waals surface area contributed by atoms with E-state index >= 15 is 0 Å². The first-order valence-corrected chi connectivity index (χ1v) is 9.67. The number of aromatic nitrogens is 2. The molecule has 0 bridgehead atoms. The van der Waals surface area contributed by atoms with Crippen molar-refractivity contribution in [1.29, 1.82) is 0 Å². The van der Waals surface area contributed by atoms with Gasteiger partial charge in [0, 0.05) is 19.4 Å². The van der Waals surface area contributed by atoms with Crippen LogP contribution in [0.15, 0.2) is 66.1 Å². The molecule has 28 heavy (non-hydrogen) atoms. The predicted molar refractivity (Wildman–Crippen MR) is 110 cm³/mol. The first-order chi connectivity index (χ1) is 13.5. The van der Waals surface area contributed by atoms with Gasteiger partial charge in [-0.3, -0.25) is 9.36 Å². The molecule has 1 amide bonds. The molecule has 0 N–H and O–H groups in total. The molecule has 0 spiro atoms. The van der Waals surface area contributed by atoms with Crippen LogP contribution in [0.5, 0.6) is 0 Å². The minimum Gasteiger partial charge on any atom is -0.465 e. The number of methoxy groups -OCH3 is 1. The van der Waals surface area contributed by atoms with E-state index in [1.165, 1.54) is 23.8 Å². The zero-order valence-electron chi connectivity index (χ0n) is 16.0. The molecule has 0 unspecified atom stereocenters. The Morgan fingerprint density at radius 1 is 1.14 bits per heavy atom. The highest BCUT2D eigenvalue weighted by Gasteiger charge is 2.19. The lowest BCUT2D eigenvalue weighted by Gasteiger charge is -2.19. The van der Waals surface area contributed by atoms with Gasteiger partial charge < -0.3 is 9.64 Å². The van der Waals surface area contributed by atoms with Gasteiger partial charge in [-0.2, -0.15) is 0 Å². The van der Waals surface area contributed by atoms with Crippen molar-refractivity contribution >= 4 is 29.3 Å². The highest BCUT2D eigenvalue weighted by Crippen LogP contribution is 2.25. The summed E-state index contributed by atoms with van der Waals surface area (Å²) >= 11 is 1.35. The molecular formula is C21H21N3O3S. The topological polar surface area (TPSA) is 64.4 Å². The van der Waals surface area contributed by atoms with E-state index < -0.39 is 5.97 Å². The number of imidazole rings is 1. The molecule has 6 nitrogen and oxygen atoms in total. The summed E-state index contributed by atoms with van der Waals surface area (Å²) < 4.78 is 6.77. The number of hydrogen-bond acceptors (Lipinski definition) is 5. The van der Waals surface area contributed by atoms with E-state index in [9.17, 15) is 9.59 Å². The van der Waals surface area contributed by atoms with Crippen molar-refractivity contribution in [3.05, 3.63) is 72.1 Å². The van der Waals surface area contributed by atoms with E-state index in [1.807, 2.05) is 42.0 Å². The van der Waals surface area contributed by atoms with Crippen LogP contribution in [0.2, 0.25) is 0 Å². The first-order valence-electron chi connectivity index (χ1n) is 8.69. The second-order valence-electron chi connectivity index (χ2n) is 6.12. The highest BCUT2D eigenvalue weighted by molar-refractivity contribution is 7.99. The molecule has 3 aromatic rings. The largest absolute Gasteiger partial charge is 0.465 e. The monoisotopic (exact) mass is 395 g/mol. The fourth-order valence-corrected chi connectivity index (χ4v) is 3.70. The summed E-state index contributed by atoms with van der Waals surface area (Å²) in [6.45, 7) is 2.03. The van der Waals surface area contributed by atoms with Crippen LogP contribution < -0.4 is 4.90 Å². The number of nitrogens with zero attached hydrogens (tertiary/aromatic N) is 3. The number of ether oxygens (including phenoxy) is 1. The summed E-state index contributed by atoms with van der Waals surface area (Å²) in [6.07, 6.45) is 3.60. The Bertz CT molecular complexity index is 1000. The smallest absolute Gasteiger partial charge is 0.339 e. The number of carbonyl (C=O) groups is 2. The van der Waals surface area contributed by atoms with Gasteiger partial charge in [0.05, 0.1) is 29.8 Å². The lowest BCUT2D eigenvalue weighted by atomic mass is 10.1. The highest BCUT2D eigenvalue weighted by atomic mass is 32.2. The van der Waals surface area contributed by atoms with Crippen LogP contribution in [0.25, 0.3) is 5.69 Å². The van der Waals surface area contributed by atoms with Crippen LogP contribution in [-0.2, 0) is 9.53 Å². The Balaban J connectivity index is 1.75. The van der Waals surface area contributed by atoms with Crippen molar-refractivity contribution in [3.63, 3.8) is 0 Å². The SMILES string of the molecule is COC(=O)c1ccccc1N(C)C(=O)CSc1nccn1-c1ccccc1C. The Morgan fingerprint density at radius 3 is 2.61 bits per heavy atom. The maximum Gasteiger partial charge on any atom is 0.339 e. The van der Waals surface area contributed by atoms with Gasteiger partial charge in [0.15, 0.2) is 5.16 Å². The van der Waals surface area contributed by atoms with Crippen LogP contribution >= 0.6 is 11.8 Å². The van der Waals surface area contributed by atoms with E-state index in [1.54, 1.807) is 37.5 Å². The summed E-state index contributed by atoms with van der Waals surface area (Å²) in [4.78, 5) is 30.5. The fraction of sp³-hybridized carbons (Fsp3) is 0.190. The number of esters is 1. The average Bonchev–Trinajstić information content (AvgIpc) is 3.19. The van der Waals surface area contributed by atoms with Crippen LogP contribution in [0.3, 0.4) is 0 Å². The quantitative estimate of drug-likeness (QED) is 0.470. The number of anilines is 1. The Morgan fingerprint density at radius 2 is 1.86 bits per heavy atom. The first kappa shape index (κ1) is 19.7. The molecule has 0 atom stereocenters. The van der Waals surface area contributed by atoms with Crippen LogP contribution in [0.1, 0.15) is 15.9 Å². The van der Waals surface area contributed by atoms with E-state index in [0.717, 1.165) is 16.4 Å². The molecule has 0 aliphatic heterocycles. The molecule has 144 valence electrons. The Hall–Kier alpha value is -3.06. The molecule has 0 saturated carbocycles. The number of amides is 1. The van der Waals surface area contributed by atoms with Crippen molar-refractivity contribution in [1.82, 2.24) is 9.55 Å². The van der Waals surface area contributed by atoms with Gasteiger partial charge in [0.2, 0.25) is 5.91 Å². The molecule has 3 rings (SSSR count). The maximum absolute atomic E-state index is 12.7. The standard InChI is InChI=1S/C21H21N3O3S/c1-15-8-4-6-10-17(15)24-13-12-22-21(24)28-14-19(25)23(2)18-11-7-5-9-16(18)20(26)27-3/h4-13H,14H2,1-3H3. The van der Waals surface area contributed by atoms with Gasteiger partial charge in [0.25, 0.3) is 0 Å². The maximum atomic E-state index is 12.7.